The van der Waals surface area contributed by atoms with Gasteiger partial charge in [-0.25, -0.2) is 18.0 Å². The molecule has 0 radical (unpaired) electrons. The van der Waals surface area contributed by atoms with E-state index in [0.717, 1.165) is 12.1 Å². The van der Waals surface area contributed by atoms with Gasteiger partial charge in [-0.3, -0.25) is 4.79 Å². The van der Waals surface area contributed by atoms with Gasteiger partial charge in [0, 0.05) is 39.0 Å². The van der Waals surface area contributed by atoms with Crippen LogP contribution in [0.4, 0.5) is 18.9 Å². The van der Waals surface area contributed by atoms with Crippen molar-refractivity contribution < 1.29 is 27.9 Å². The Bertz CT molecular complexity index is 1570. The SMILES string of the molecule is Cc1c(Sc2cccc(C(=O)O)c2)c2ccc(Cl)c(F)c2n1CC(=O)N1CCc2c(F)cc(F)cc21. The Morgan fingerprint density at radius 1 is 1.11 bits per heavy atom. The van der Waals surface area contributed by atoms with Gasteiger partial charge in [-0.05, 0) is 49.7 Å². The third kappa shape index (κ3) is 4.12. The largest absolute Gasteiger partial charge is 0.478 e. The molecule has 0 bridgehead atoms. The van der Waals surface area contributed by atoms with E-state index < -0.39 is 29.3 Å². The minimum absolute atomic E-state index is 0.109. The predicted molar refractivity (Wildman–Crippen MR) is 132 cm³/mol. The lowest BCUT2D eigenvalue weighted by Crippen LogP contribution is -2.32. The molecule has 3 aromatic carbocycles. The fraction of sp³-hybridized carbons (Fsp3) is 0.154. The summed E-state index contributed by atoms with van der Waals surface area (Å²) in [6, 6.07) is 11.3. The second-order valence-electron chi connectivity index (χ2n) is 8.37. The molecule has 0 saturated heterocycles. The number of benzene rings is 3. The standard InChI is InChI=1S/C26H18ClF3N2O3S/c1-13-25(36-16-4-2-3-14(9-16)26(34)35)18-5-6-19(27)23(30)24(18)32(13)12-22(33)31-8-7-17-20(29)10-15(28)11-21(17)31/h2-6,9-11H,7-8,12H2,1H3,(H,34,35). The maximum atomic E-state index is 15.3. The van der Waals surface area contributed by atoms with Crippen LogP contribution in [-0.4, -0.2) is 28.1 Å². The lowest BCUT2D eigenvalue weighted by atomic mass is 10.1. The van der Waals surface area contributed by atoms with Crippen LogP contribution in [0.25, 0.3) is 10.9 Å². The number of carboxylic acid groups (broad SMARTS) is 1. The molecular weight excluding hydrogens is 513 g/mol. The number of hydrogen-bond donors (Lipinski definition) is 1. The van der Waals surface area contributed by atoms with E-state index >= 15 is 4.39 Å². The van der Waals surface area contributed by atoms with Gasteiger partial charge in [0.2, 0.25) is 5.91 Å². The number of rotatable bonds is 5. The van der Waals surface area contributed by atoms with E-state index in [0.29, 0.717) is 20.9 Å². The number of aromatic nitrogens is 1. The highest BCUT2D eigenvalue weighted by molar-refractivity contribution is 7.99. The van der Waals surface area contributed by atoms with Crippen molar-refractivity contribution in [3.63, 3.8) is 0 Å². The maximum Gasteiger partial charge on any atom is 0.335 e. The van der Waals surface area contributed by atoms with Crippen LogP contribution >= 0.6 is 23.4 Å². The molecule has 184 valence electrons. The summed E-state index contributed by atoms with van der Waals surface area (Å²) >= 11 is 7.31. The molecule has 2 heterocycles. The van der Waals surface area contributed by atoms with Crippen LogP contribution in [0.2, 0.25) is 5.02 Å². The number of fused-ring (bicyclic) bond motifs is 2. The van der Waals surface area contributed by atoms with Crippen LogP contribution < -0.4 is 4.90 Å². The number of hydrogen-bond acceptors (Lipinski definition) is 3. The number of carbonyl (C=O) groups excluding carboxylic acids is 1. The van der Waals surface area contributed by atoms with E-state index in [9.17, 15) is 23.5 Å². The van der Waals surface area contributed by atoms with Crippen molar-refractivity contribution >= 4 is 51.8 Å². The lowest BCUT2D eigenvalue weighted by Gasteiger charge is -2.19. The fourth-order valence-electron chi connectivity index (χ4n) is 4.51. The molecule has 0 atom stereocenters. The Labute approximate surface area is 213 Å². The molecule has 0 saturated carbocycles. The summed E-state index contributed by atoms with van der Waals surface area (Å²) in [5.74, 6) is -3.71. The van der Waals surface area contributed by atoms with Crippen LogP contribution in [0.5, 0.6) is 0 Å². The van der Waals surface area contributed by atoms with Gasteiger partial charge < -0.3 is 14.6 Å². The van der Waals surface area contributed by atoms with E-state index in [1.54, 1.807) is 25.1 Å². The second-order valence-corrected chi connectivity index (χ2v) is 9.86. The number of halogens is 4. The maximum absolute atomic E-state index is 15.3. The van der Waals surface area contributed by atoms with Crippen molar-refractivity contribution in [2.24, 2.45) is 0 Å². The first-order chi connectivity index (χ1) is 17.2. The zero-order chi connectivity index (χ0) is 25.7. The average Bonchev–Trinajstić information content (AvgIpc) is 3.37. The lowest BCUT2D eigenvalue weighted by molar-refractivity contribution is -0.119. The Balaban J connectivity index is 1.57. The summed E-state index contributed by atoms with van der Waals surface area (Å²) < 4.78 is 44.8. The number of aromatic carboxylic acids is 1. The molecule has 4 aromatic rings. The first-order valence-electron chi connectivity index (χ1n) is 10.9. The average molecular weight is 531 g/mol. The molecule has 1 aliphatic rings. The van der Waals surface area contributed by atoms with Crippen molar-refractivity contribution in [3.8, 4) is 0 Å². The molecule has 0 spiro atoms. The highest BCUT2D eigenvalue weighted by Crippen LogP contribution is 2.41. The monoisotopic (exact) mass is 530 g/mol. The fourth-order valence-corrected chi connectivity index (χ4v) is 5.76. The van der Waals surface area contributed by atoms with Gasteiger partial charge in [0.25, 0.3) is 0 Å². The normalized spacial score (nSPS) is 12.9. The summed E-state index contributed by atoms with van der Waals surface area (Å²) in [6.45, 7) is 1.62. The van der Waals surface area contributed by atoms with E-state index in [4.69, 9.17) is 11.6 Å². The number of nitrogens with zero attached hydrogens (tertiary/aromatic N) is 2. The van der Waals surface area contributed by atoms with E-state index in [1.165, 1.54) is 39.4 Å². The predicted octanol–water partition coefficient (Wildman–Crippen LogP) is 6.46. The Morgan fingerprint density at radius 3 is 2.64 bits per heavy atom. The molecule has 1 aromatic heterocycles. The summed E-state index contributed by atoms with van der Waals surface area (Å²) in [5, 5.41) is 9.70. The van der Waals surface area contributed by atoms with Gasteiger partial charge in [0.1, 0.15) is 18.2 Å². The van der Waals surface area contributed by atoms with Gasteiger partial charge in [-0.15, -0.1) is 0 Å². The van der Waals surface area contributed by atoms with Crippen LogP contribution in [0, 0.1) is 24.4 Å². The molecule has 0 aliphatic carbocycles. The first kappa shape index (κ1) is 24.3. The molecule has 0 fully saturated rings. The second kappa shape index (κ2) is 9.22. The zero-order valence-corrected chi connectivity index (χ0v) is 20.4. The number of carbonyl (C=O) groups is 2. The minimum Gasteiger partial charge on any atom is -0.478 e. The summed E-state index contributed by atoms with van der Waals surface area (Å²) in [7, 11) is 0. The summed E-state index contributed by atoms with van der Waals surface area (Å²) in [6.07, 6.45) is 0.250. The van der Waals surface area contributed by atoms with Crippen molar-refractivity contribution in [1.82, 2.24) is 4.57 Å². The Morgan fingerprint density at radius 2 is 1.89 bits per heavy atom. The Kier molecular flexibility index (Phi) is 6.22. The van der Waals surface area contributed by atoms with Crippen molar-refractivity contribution in [2.75, 3.05) is 11.4 Å². The van der Waals surface area contributed by atoms with E-state index in [2.05, 4.69) is 0 Å². The zero-order valence-electron chi connectivity index (χ0n) is 18.8. The molecule has 1 amide bonds. The smallest absolute Gasteiger partial charge is 0.335 e. The quantitative estimate of drug-likeness (QED) is 0.322. The molecule has 0 unspecified atom stereocenters. The van der Waals surface area contributed by atoms with Crippen LogP contribution in [0.15, 0.2) is 58.3 Å². The highest BCUT2D eigenvalue weighted by Gasteiger charge is 2.30. The molecule has 1 N–H and O–H groups in total. The van der Waals surface area contributed by atoms with Crippen molar-refractivity contribution in [3.05, 3.63) is 87.8 Å². The van der Waals surface area contributed by atoms with Gasteiger partial charge in [-0.2, -0.15) is 0 Å². The van der Waals surface area contributed by atoms with Crippen LogP contribution in [0.1, 0.15) is 21.6 Å². The van der Waals surface area contributed by atoms with E-state index in [-0.39, 0.29) is 46.9 Å². The number of anilines is 1. The van der Waals surface area contributed by atoms with Crippen LogP contribution in [-0.2, 0) is 17.8 Å². The molecular formula is C26H18ClF3N2O3S. The van der Waals surface area contributed by atoms with Crippen molar-refractivity contribution in [1.29, 1.82) is 0 Å². The first-order valence-corrected chi connectivity index (χ1v) is 12.1. The molecule has 36 heavy (non-hydrogen) atoms. The molecule has 10 heteroatoms. The van der Waals surface area contributed by atoms with Gasteiger partial charge >= 0.3 is 5.97 Å². The third-order valence-electron chi connectivity index (χ3n) is 6.23. The minimum atomic E-state index is -1.07. The van der Waals surface area contributed by atoms with Gasteiger partial charge in [-0.1, -0.05) is 29.4 Å². The third-order valence-corrected chi connectivity index (χ3v) is 7.73. The van der Waals surface area contributed by atoms with Crippen molar-refractivity contribution in [2.45, 2.75) is 29.7 Å². The number of amides is 1. The molecule has 5 rings (SSSR count). The summed E-state index contributed by atoms with van der Waals surface area (Å²) in [5.41, 5.74) is 1.23. The molecule has 1 aliphatic heterocycles. The number of carboxylic acids is 1. The highest BCUT2D eigenvalue weighted by atomic mass is 35.5. The topological polar surface area (TPSA) is 62.5 Å². The Hall–Kier alpha value is -3.43. The van der Waals surface area contributed by atoms with Gasteiger partial charge in [0.15, 0.2) is 5.82 Å². The van der Waals surface area contributed by atoms with Crippen LogP contribution in [0.3, 0.4) is 0 Å². The van der Waals surface area contributed by atoms with E-state index in [1.807, 2.05) is 0 Å². The summed E-state index contributed by atoms with van der Waals surface area (Å²) in [4.78, 5) is 27.3. The molecule has 5 nitrogen and oxygen atoms in total. The van der Waals surface area contributed by atoms with Gasteiger partial charge in [0.05, 0.1) is 21.8 Å².